The molecular weight excluding hydrogens is 224 g/mol. The molecule has 4 heteroatoms. The molecule has 4 nitrogen and oxygen atoms in total. The molecule has 94 valence electrons. The molecule has 0 bridgehead atoms. The van der Waals surface area contributed by atoms with E-state index in [1.165, 1.54) is 0 Å². The van der Waals surface area contributed by atoms with Crippen LogP contribution in [0.4, 0.5) is 0 Å². The summed E-state index contributed by atoms with van der Waals surface area (Å²) < 4.78 is 0. The van der Waals surface area contributed by atoms with Gasteiger partial charge in [0.05, 0.1) is 17.6 Å². The maximum Gasteiger partial charge on any atom is 0.0548 e. The Labute approximate surface area is 107 Å². The maximum atomic E-state index is 4.27. The van der Waals surface area contributed by atoms with Crippen LogP contribution in [0.2, 0.25) is 0 Å². The van der Waals surface area contributed by atoms with Crippen LogP contribution in [-0.4, -0.2) is 16.1 Å². The van der Waals surface area contributed by atoms with Crippen molar-refractivity contribution < 1.29 is 0 Å². The van der Waals surface area contributed by atoms with E-state index in [1.54, 1.807) is 0 Å². The molecule has 2 aromatic rings. The SMILES string of the molecule is CC(NCc1ccccn1)NCc1ccccn1. The van der Waals surface area contributed by atoms with Gasteiger partial charge >= 0.3 is 0 Å². The Balaban J connectivity index is 1.71. The van der Waals surface area contributed by atoms with Crippen LogP contribution in [0.3, 0.4) is 0 Å². The van der Waals surface area contributed by atoms with Crippen LogP contribution in [0.1, 0.15) is 18.3 Å². The van der Waals surface area contributed by atoms with Crippen LogP contribution in [0.25, 0.3) is 0 Å². The van der Waals surface area contributed by atoms with Crippen LogP contribution >= 0.6 is 0 Å². The molecule has 0 spiro atoms. The first-order chi connectivity index (χ1) is 8.84. The van der Waals surface area contributed by atoms with E-state index in [4.69, 9.17) is 0 Å². The lowest BCUT2D eigenvalue weighted by atomic mass is 10.3. The second-order valence-electron chi connectivity index (χ2n) is 4.13. The van der Waals surface area contributed by atoms with Crippen molar-refractivity contribution >= 4 is 0 Å². The van der Waals surface area contributed by atoms with Gasteiger partial charge in [0.2, 0.25) is 0 Å². The quantitative estimate of drug-likeness (QED) is 0.757. The van der Waals surface area contributed by atoms with Gasteiger partial charge in [0.25, 0.3) is 0 Å². The first-order valence-corrected chi connectivity index (χ1v) is 6.11. The lowest BCUT2D eigenvalue weighted by Gasteiger charge is -2.15. The van der Waals surface area contributed by atoms with Gasteiger partial charge in [-0.05, 0) is 31.2 Å². The largest absolute Gasteiger partial charge is 0.296 e. The van der Waals surface area contributed by atoms with E-state index in [0.717, 1.165) is 24.5 Å². The molecule has 0 aliphatic rings. The summed E-state index contributed by atoms with van der Waals surface area (Å²) in [7, 11) is 0. The van der Waals surface area contributed by atoms with Gasteiger partial charge in [-0.25, -0.2) is 0 Å². The van der Waals surface area contributed by atoms with Crippen molar-refractivity contribution in [1.82, 2.24) is 20.6 Å². The van der Waals surface area contributed by atoms with Gasteiger partial charge in [-0.15, -0.1) is 0 Å². The van der Waals surface area contributed by atoms with E-state index >= 15 is 0 Å². The number of nitrogens with zero attached hydrogens (tertiary/aromatic N) is 2. The lowest BCUT2D eigenvalue weighted by Crippen LogP contribution is -2.39. The third-order valence-electron chi connectivity index (χ3n) is 2.63. The maximum absolute atomic E-state index is 4.27. The summed E-state index contributed by atoms with van der Waals surface area (Å²) in [6, 6.07) is 11.9. The summed E-state index contributed by atoms with van der Waals surface area (Å²) in [5.74, 6) is 0. The van der Waals surface area contributed by atoms with Gasteiger partial charge in [-0.1, -0.05) is 12.1 Å². The van der Waals surface area contributed by atoms with Gasteiger partial charge in [-0.3, -0.25) is 20.6 Å². The van der Waals surface area contributed by atoms with Crippen LogP contribution in [-0.2, 0) is 13.1 Å². The molecule has 0 saturated carbocycles. The molecule has 0 aromatic carbocycles. The Morgan fingerprint density at radius 3 is 1.78 bits per heavy atom. The fourth-order valence-electron chi connectivity index (χ4n) is 1.59. The minimum absolute atomic E-state index is 0.217. The Hall–Kier alpha value is -1.78. The molecule has 0 aliphatic heterocycles. The molecule has 0 radical (unpaired) electrons. The predicted molar refractivity (Wildman–Crippen MR) is 71.6 cm³/mol. The number of rotatable bonds is 6. The smallest absolute Gasteiger partial charge is 0.0548 e. The fourth-order valence-corrected chi connectivity index (χ4v) is 1.59. The number of nitrogens with one attached hydrogen (secondary N) is 2. The van der Waals surface area contributed by atoms with Crippen molar-refractivity contribution in [2.75, 3.05) is 0 Å². The summed E-state index contributed by atoms with van der Waals surface area (Å²) >= 11 is 0. The first-order valence-electron chi connectivity index (χ1n) is 6.11. The third-order valence-corrected chi connectivity index (χ3v) is 2.63. The zero-order chi connectivity index (χ0) is 12.6. The summed E-state index contributed by atoms with van der Waals surface area (Å²) in [4.78, 5) is 8.53. The van der Waals surface area contributed by atoms with E-state index < -0.39 is 0 Å². The van der Waals surface area contributed by atoms with E-state index in [2.05, 4.69) is 27.5 Å². The summed E-state index contributed by atoms with van der Waals surface area (Å²) in [5, 5.41) is 6.74. The van der Waals surface area contributed by atoms with Crippen molar-refractivity contribution in [3.63, 3.8) is 0 Å². The summed E-state index contributed by atoms with van der Waals surface area (Å²) in [6.45, 7) is 3.61. The molecule has 0 amide bonds. The molecule has 2 heterocycles. The van der Waals surface area contributed by atoms with E-state index in [9.17, 15) is 0 Å². The minimum Gasteiger partial charge on any atom is -0.296 e. The second-order valence-corrected chi connectivity index (χ2v) is 4.13. The molecule has 0 unspecified atom stereocenters. The first kappa shape index (κ1) is 12.7. The van der Waals surface area contributed by atoms with Crippen LogP contribution in [0, 0.1) is 0 Å². The zero-order valence-electron chi connectivity index (χ0n) is 10.5. The number of aromatic nitrogens is 2. The van der Waals surface area contributed by atoms with Crippen LogP contribution in [0.15, 0.2) is 48.8 Å². The highest BCUT2D eigenvalue weighted by Crippen LogP contribution is 1.95. The number of hydrogen-bond acceptors (Lipinski definition) is 4. The highest BCUT2D eigenvalue weighted by molar-refractivity contribution is 5.04. The minimum atomic E-state index is 0.217. The molecule has 0 aliphatic carbocycles. The Morgan fingerprint density at radius 2 is 1.39 bits per heavy atom. The molecular formula is C14H18N4. The molecule has 0 saturated heterocycles. The van der Waals surface area contributed by atoms with E-state index in [-0.39, 0.29) is 6.17 Å². The Morgan fingerprint density at radius 1 is 0.889 bits per heavy atom. The van der Waals surface area contributed by atoms with Crippen molar-refractivity contribution in [1.29, 1.82) is 0 Å². The van der Waals surface area contributed by atoms with Crippen molar-refractivity contribution in [2.45, 2.75) is 26.2 Å². The summed E-state index contributed by atoms with van der Waals surface area (Å²) in [6.07, 6.45) is 3.83. The van der Waals surface area contributed by atoms with Crippen molar-refractivity contribution in [3.8, 4) is 0 Å². The normalized spacial score (nSPS) is 10.8. The molecule has 0 fully saturated rings. The molecule has 2 rings (SSSR count). The fraction of sp³-hybridized carbons (Fsp3) is 0.286. The zero-order valence-corrected chi connectivity index (χ0v) is 10.5. The topological polar surface area (TPSA) is 49.8 Å². The van der Waals surface area contributed by atoms with Crippen LogP contribution < -0.4 is 10.6 Å². The van der Waals surface area contributed by atoms with Gasteiger partial charge < -0.3 is 0 Å². The molecule has 0 atom stereocenters. The highest BCUT2D eigenvalue weighted by atomic mass is 15.1. The van der Waals surface area contributed by atoms with Gasteiger partial charge in [0.1, 0.15) is 0 Å². The lowest BCUT2D eigenvalue weighted by molar-refractivity contribution is 0.446. The monoisotopic (exact) mass is 242 g/mol. The highest BCUT2D eigenvalue weighted by Gasteiger charge is 2.01. The van der Waals surface area contributed by atoms with Crippen molar-refractivity contribution in [3.05, 3.63) is 60.2 Å². The summed E-state index contributed by atoms with van der Waals surface area (Å²) in [5.41, 5.74) is 2.09. The average Bonchev–Trinajstić information content (AvgIpc) is 2.45. The second kappa shape index (κ2) is 6.83. The van der Waals surface area contributed by atoms with Crippen LogP contribution in [0.5, 0.6) is 0 Å². The van der Waals surface area contributed by atoms with Gasteiger partial charge in [-0.2, -0.15) is 0 Å². The Bertz CT molecular complexity index is 400. The molecule has 18 heavy (non-hydrogen) atoms. The third kappa shape index (κ3) is 4.24. The van der Waals surface area contributed by atoms with Gasteiger partial charge in [0, 0.05) is 25.5 Å². The number of hydrogen-bond donors (Lipinski definition) is 2. The van der Waals surface area contributed by atoms with Gasteiger partial charge in [0.15, 0.2) is 0 Å². The molecule has 2 N–H and O–H groups in total. The standard InChI is InChI=1S/C14H18N4/c1-12(17-10-13-6-2-4-8-15-13)18-11-14-7-3-5-9-16-14/h2-9,12,17-18H,10-11H2,1H3. The molecule has 2 aromatic heterocycles. The number of pyridine rings is 2. The Kier molecular flexibility index (Phi) is 4.81. The van der Waals surface area contributed by atoms with Crippen molar-refractivity contribution in [2.24, 2.45) is 0 Å². The van der Waals surface area contributed by atoms with E-state index in [0.29, 0.717) is 0 Å². The average molecular weight is 242 g/mol. The van der Waals surface area contributed by atoms with E-state index in [1.807, 2.05) is 48.8 Å². The predicted octanol–water partition coefficient (Wildman–Crippen LogP) is 1.70.